The van der Waals surface area contributed by atoms with Crippen LogP contribution in [0.25, 0.3) is 28.8 Å². The van der Waals surface area contributed by atoms with E-state index in [4.69, 9.17) is 4.52 Å². The Hall–Kier alpha value is -3.09. The molecule has 4 aromatic rings. The second kappa shape index (κ2) is 4.48. The molecule has 0 aliphatic carbocycles. The van der Waals surface area contributed by atoms with Crippen LogP contribution in [0.5, 0.6) is 0 Å². The zero-order valence-electron chi connectivity index (χ0n) is 10.6. The van der Waals surface area contributed by atoms with Crippen LogP contribution in [-0.4, -0.2) is 24.5 Å². The molecule has 0 N–H and O–H groups in total. The van der Waals surface area contributed by atoms with Gasteiger partial charge >= 0.3 is 0 Å². The van der Waals surface area contributed by atoms with Crippen molar-refractivity contribution in [2.75, 3.05) is 0 Å². The summed E-state index contributed by atoms with van der Waals surface area (Å²) >= 11 is 0. The maximum absolute atomic E-state index is 13.2. The van der Waals surface area contributed by atoms with E-state index in [0.717, 1.165) is 0 Å². The zero-order valence-corrected chi connectivity index (χ0v) is 10.6. The molecular formula is C14H8FN5O. The molecule has 0 bridgehead atoms. The first-order valence-electron chi connectivity index (χ1n) is 6.19. The smallest absolute Gasteiger partial charge is 0.278 e. The fourth-order valence-corrected chi connectivity index (χ4v) is 2.01. The minimum absolute atomic E-state index is 0.264. The molecule has 0 aliphatic rings. The molecule has 3 heterocycles. The Kier molecular flexibility index (Phi) is 2.50. The fraction of sp³-hybridized carbons (Fsp3) is 0. The third-order valence-corrected chi connectivity index (χ3v) is 2.96. The molecule has 7 heteroatoms. The Balaban J connectivity index is 1.77. The van der Waals surface area contributed by atoms with Crippen molar-refractivity contribution in [2.24, 2.45) is 0 Å². The summed E-state index contributed by atoms with van der Waals surface area (Å²) < 4.78 is 20.2. The van der Waals surface area contributed by atoms with Gasteiger partial charge in [0.2, 0.25) is 11.6 Å². The standard InChI is InChI=1S/C14H8FN5O/c15-10-4-1-3-9(7-10)12-18-13(21-19-12)11-8-20-6-2-5-16-14(20)17-11/h1-8H. The minimum Gasteiger partial charge on any atom is -0.332 e. The molecule has 21 heavy (non-hydrogen) atoms. The van der Waals surface area contributed by atoms with Crippen LogP contribution in [-0.2, 0) is 0 Å². The molecule has 1 aromatic carbocycles. The number of rotatable bonds is 2. The number of imidazole rings is 1. The van der Waals surface area contributed by atoms with E-state index in [0.29, 0.717) is 22.9 Å². The molecule has 0 amide bonds. The molecule has 0 spiro atoms. The molecule has 3 aromatic heterocycles. The zero-order chi connectivity index (χ0) is 14.2. The van der Waals surface area contributed by atoms with Gasteiger partial charge in [-0.2, -0.15) is 4.98 Å². The molecule has 0 saturated carbocycles. The summed E-state index contributed by atoms with van der Waals surface area (Å²) in [6.07, 6.45) is 5.21. The summed E-state index contributed by atoms with van der Waals surface area (Å²) in [5.74, 6) is 0.767. The molecule has 0 unspecified atom stereocenters. The van der Waals surface area contributed by atoms with Gasteiger partial charge in [-0.3, -0.25) is 4.40 Å². The molecule has 102 valence electrons. The van der Waals surface area contributed by atoms with E-state index < -0.39 is 0 Å². The molecular weight excluding hydrogens is 273 g/mol. The van der Waals surface area contributed by atoms with Crippen LogP contribution in [0.1, 0.15) is 0 Å². The Morgan fingerprint density at radius 2 is 2.10 bits per heavy atom. The van der Waals surface area contributed by atoms with Crippen LogP contribution in [0.15, 0.2) is 53.4 Å². The average Bonchev–Trinajstić information content (AvgIpc) is 3.14. The second-order valence-electron chi connectivity index (χ2n) is 4.39. The van der Waals surface area contributed by atoms with Gasteiger partial charge in [0, 0.05) is 24.2 Å². The monoisotopic (exact) mass is 281 g/mol. The van der Waals surface area contributed by atoms with Crippen molar-refractivity contribution in [3.8, 4) is 23.0 Å². The van der Waals surface area contributed by atoms with Gasteiger partial charge in [0.05, 0.1) is 0 Å². The Bertz CT molecular complexity index is 897. The van der Waals surface area contributed by atoms with Gasteiger partial charge < -0.3 is 4.52 Å². The van der Waals surface area contributed by atoms with Crippen LogP contribution < -0.4 is 0 Å². The van der Waals surface area contributed by atoms with Gasteiger partial charge in [-0.25, -0.2) is 14.4 Å². The number of fused-ring (bicyclic) bond motifs is 1. The van der Waals surface area contributed by atoms with E-state index in [-0.39, 0.29) is 11.7 Å². The first-order chi connectivity index (χ1) is 10.3. The lowest BCUT2D eigenvalue weighted by Crippen LogP contribution is -1.83. The predicted octanol–water partition coefficient (Wildman–Crippen LogP) is 2.59. The van der Waals surface area contributed by atoms with Crippen LogP contribution in [0.4, 0.5) is 4.39 Å². The largest absolute Gasteiger partial charge is 0.332 e. The lowest BCUT2D eigenvalue weighted by Gasteiger charge is -1.92. The first-order valence-corrected chi connectivity index (χ1v) is 6.19. The fourth-order valence-electron chi connectivity index (χ4n) is 2.01. The molecule has 4 rings (SSSR count). The maximum Gasteiger partial charge on any atom is 0.278 e. The Morgan fingerprint density at radius 1 is 1.14 bits per heavy atom. The van der Waals surface area contributed by atoms with E-state index in [1.165, 1.54) is 12.1 Å². The lowest BCUT2D eigenvalue weighted by atomic mass is 10.2. The van der Waals surface area contributed by atoms with Gasteiger partial charge in [-0.1, -0.05) is 17.3 Å². The van der Waals surface area contributed by atoms with Crippen molar-refractivity contribution >= 4 is 5.78 Å². The van der Waals surface area contributed by atoms with Crippen LogP contribution >= 0.6 is 0 Å². The minimum atomic E-state index is -0.351. The third-order valence-electron chi connectivity index (χ3n) is 2.96. The SMILES string of the molecule is Fc1cccc(-c2noc(-c3cn4cccnc4n3)n2)c1. The van der Waals surface area contributed by atoms with Crippen molar-refractivity contribution in [1.29, 1.82) is 0 Å². The summed E-state index contributed by atoms with van der Waals surface area (Å²) in [5.41, 5.74) is 1.07. The third kappa shape index (κ3) is 2.04. The van der Waals surface area contributed by atoms with E-state index in [2.05, 4.69) is 20.1 Å². The number of hydrogen-bond acceptors (Lipinski definition) is 5. The number of hydrogen-bond donors (Lipinski definition) is 0. The van der Waals surface area contributed by atoms with Crippen LogP contribution in [0.3, 0.4) is 0 Å². The van der Waals surface area contributed by atoms with Gasteiger partial charge in [0.1, 0.15) is 11.5 Å². The summed E-state index contributed by atoms with van der Waals surface area (Å²) in [5, 5.41) is 3.85. The number of benzene rings is 1. The van der Waals surface area contributed by atoms with Crippen LogP contribution in [0.2, 0.25) is 0 Å². The quantitative estimate of drug-likeness (QED) is 0.565. The van der Waals surface area contributed by atoms with Crippen LogP contribution in [0, 0.1) is 5.82 Å². The number of halogens is 1. The van der Waals surface area contributed by atoms with Crippen molar-refractivity contribution in [3.05, 3.63) is 54.7 Å². The molecule has 0 aliphatic heterocycles. The summed E-state index contributed by atoms with van der Waals surface area (Å²) in [4.78, 5) is 12.6. The molecule has 0 atom stereocenters. The van der Waals surface area contributed by atoms with Gasteiger partial charge in [-0.15, -0.1) is 0 Å². The predicted molar refractivity (Wildman–Crippen MR) is 71.7 cm³/mol. The highest BCUT2D eigenvalue weighted by Crippen LogP contribution is 2.22. The van der Waals surface area contributed by atoms with Crippen molar-refractivity contribution in [2.45, 2.75) is 0 Å². The van der Waals surface area contributed by atoms with Gasteiger partial charge in [0.25, 0.3) is 5.89 Å². The highest BCUT2D eigenvalue weighted by Gasteiger charge is 2.14. The normalized spacial score (nSPS) is 11.1. The number of aromatic nitrogens is 5. The maximum atomic E-state index is 13.2. The Morgan fingerprint density at radius 3 is 2.95 bits per heavy atom. The second-order valence-corrected chi connectivity index (χ2v) is 4.39. The Labute approximate surface area is 117 Å². The molecule has 0 saturated heterocycles. The highest BCUT2D eigenvalue weighted by atomic mass is 19.1. The van der Waals surface area contributed by atoms with E-state index >= 15 is 0 Å². The molecule has 6 nitrogen and oxygen atoms in total. The van der Waals surface area contributed by atoms with E-state index in [1.54, 1.807) is 35.0 Å². The summed E-state index contributed by atoms with van der Waals surface area (Å²) in [6, 6.07) is 7.81. The summed E-state index contributed by atoms with van der Waals surface area (Å²) in [7, 11) is 0. The first kappa shape index (κ1) is 11.7. The highest BCUT2D eigenvalue weighted by molar-refractivity contribution is 5.58. The van der Waals surface area contributed by atoms with Crippen molar-refractivity contribution < 1.29 is 8.91 Å². The lowest BCUT2D eigenvalue weighted by molar-refractivity contribution is 0.431. The van der Waals surface area contributed by atoms with E-state index in [1.807, 2.05) is 6.20 Å². The average molecular weight is 281 g/mol. The topological polar surface area (TPSA) is 69.1 Å². The van der Waals surface area contributed by atoms with Crippen molar-refractivity contribution in [1.82, 2.24) is 24.5 Å². The van der Waals surface area contributed by atoms with Crippen molar-refractivity contribution in [3.63, 3.8) is 0 Å². The molecule has 0 fully saturated rings. The van der Waals surface area contributed by atoms with E-state index in [9.17, 15) is 4.39 Å². The number of nitrogens with zero attached hydrogens (tertiary/aromatic N) is 5. The van der Waals surface area contributed by atoms with Gasteiger partial charge in [-0.05, 0) is 18.2 Å². The van der Waals surface area contributed by atoms with Gasteiger partial charge in [0.15, 0.2) is 0 Å². The molecule has 0 radical (unpaired) electrons. The summed E-state index contributed by atoms with van der Waals surface area (Å²) in [6.45, 7) is 0.